The van der Waals surface area contributed by atoms with Gasteiger partial charge in [-0.3, -0.25) is 4.90 Å². The molecular formula is C35H37FN4O5. The Hall–Kier alpha value is -4.44. The van der Waals surface area contributed by atoms with E-state index in [1.54, 1.807) is 12.1 Å². The number of halogens is 1. The number of carboxylic acid groups (broad SMARTS) is 1. The average molecular weight is 613 g/mol. The van der Waals surface area contributed by atoms with Crippen LogP contribution in [0.4, 0.5) is 14.0 Å². The van der Waals surface area contributed by atoms with Gasteiger partial charge in [-0.15, -0.1) is 0 Å². The number of carbonyl (C=O) groups is 2. The number of nitrogens with one attached hydrogen (secondary N) is 2. The van der Waals surface area contributed by atoms with Crippen molar-refractivity contribution in [3.63, 3.8) is 0 Å². The Morgan fingerprint density at radius 2 is 1.73 bits per heavy atom. The second-order valence-corrected chi connectivity index (χ2v) is 12.5. The van der Waals surface area contributed by atoms with Crippen molar-refractivity contribution in [3.05, 3.63) is 89.0 Å². The zero-order chi connectivity index (χ0) is 31.1. The molecule has 1 aromatic heterocycles. The van der Waals surface area contributed by atoms with E-state index >= 15 is 4.39 Å². The first kappa shape index (κ1) is 29.3. The highest BCUT2D eigenvalue weighted by molar-refractivity contribution is 5.80. The van der Waals surface area contributed by atoms with Crippen molar-refractivity contribution >= 4 is 23.2 Å². The monoisotopic (exact) mass is 612 g/mol. The zero-order valence-electron chi connectivity index (χ0n) is 25.2. The number of ether oxygens (including phenoxy) is 2. The summed E-state index contributed by atoms with van der Waals surface area (Å²) in [6.07, 6.45) is 2.18. The van der Waals surface area contributed by atoms with E-state index in [1.807, 2.05) is 24.3 Å². The number of alkyl carbamates (subject to hydrolysis) is 1. The first-order chi connectivity index (χ1) is 21.9. The predicted molar refractivity (Wildman–Crippen MR) is 166 cm³/mol. The fraction of sp³-hybridized carbons (Fsp3) is 0.400. The van der Waals surface area contributed by atoms with Gasteiger partial charge in [0, 0.05) is 18.0 Å². The summed E-state index contributed by atoms with van der Waals surface area (Å²) >= 11 is 0. The molecule has 1 aliphatic heterocycles. The maximum Gasteiger partial charge on any atom is 0.407 e. The van der Waals surface area contributed by atoms with Crippen molar-refractivity contribution in [3.8, 4) is 11.1 Å². The average Bonchev–Trinajstić information content (AvgIpc) is 3.63. The van der Waals surface area contributed by atoms with Gasteiger partial charge in [0.1, 0.15) is 17.9 Å². The molecule has 10 heteroatoms. The summed E-state index contributed by atoms with van der Waals surface area (Å²) in [5.74, 6) is 0.504. The lowest BCUT2D eigenvalue weighted by Gasteiger charge is -2.33. The van der Waals surface area contributed by atoms with E-state index in [2.05, 4.69) is 46.5 Å². The van der Waals surface area contributed by atoms with Gasteiger partial charge in [0.25, 0.3) is 0 Å². The van der Waals surface area contributed by atoms with Crippen LogP contribution in [0.5, 0.6) is 0 Å². The number of benzene rings is 3. The molecule has 1 saturated carbocycles. The number of hydrogen-bond acceptors (Lipinski definition) is 5. The Kier molecular flexibility index (Phi) is 7.91. The van der Waals surface area contributed by atoms with Crippen LogP contribution in [0.2, 0.25) is 0 Å². The van der Waals surface area contributed by atoms with E-state index in [0.717, 1.165) is 47.9 Å². The number of amides is 2. The van der Waals surface area contributed by atoms with E-state index in [0.29, 0.717) is 17.3 Å². The summed E-state index contributed by atoms with van der Waals surface area (Å²) in [5, 5.41) is 12.8. The Bertz CT molecular complexity index is 1690. The Labute approximate surface area is 260 Å². The van der Waals surface area contributed by atoms with Gasteiger partial charge in [-0.2, -0.15) is 0 Å². The normalized spacial score (nSPS) is 22.1. The van der Waals surface area contributed by atoms with Crippen molar-refractivity contribution in [2.24, 2.45) is 11.8 Å². The lowest BCUT2D eigenvalue weighted by molar-refractivity contribution is -0.00190. The molecular weight excluding hydrogens is 575 g/mol. The summed E-state index contributed by atoms with van der Waals surface area (Å²) < 4.78 is 27.4. The molecule has 3 N–H and O–H groups in total. The van der Waals surface area contributed by atoms with Crippen molar-refractivity contribution in [2.45, 2.75) is 50.6 Å². The summed E-state index contributed by atoms with van der Waals surface area (Å²) in [6, 6.07) is 18.4. The number of carbonyl (C=O) groups excluding carboxylic acids is 1. The largest absolute Gasteiger partial charge is 0.465 e. The van der Waals surface area contributed by atoms with Gasteiger partial charge < -0.3 is 24.9 Å². The van der Waals surface area contributed by atoms with Crippen LogP contribution in [-0.2, 0) is 9.47 Å². The summed E-state index contributed by atoms with van der Waals surface area (Å²) in [4.78, 5) is 34.4. The molecule has 4 aromatic rings. The van der Waals surface area contributed by atoms with E-state index in [9.17, 15) is 14.7 Å². The van der Waals surface area contributed by atoms with Gasteiger partial charge in [0.2, 0.25) is 0 Å². The number of aromatic nitrogens is 2. The molecule has 45 heavy (non-hydrogen) atoms. The standard InChI is InChI=1S/C35H37FN4O5/c1-20-10-12-21(13-11-20)31(39-34(41)45-18-27-24-8-4-2-6-22(24)23-7-3-5-9-25(23)27)33-37-28-15-14-26(30(36)32(28)38-33)29-19-44-17-16-40(29)35(42)43/h2-9,14-15,20-21,27,29,31H,10-13,16-19H2,1H3,(H,37,38)(H,39,41)(H,42,43). The maximum absolute atomic E-state index is 16.0. The van der Waals surface area contributed by atoms with Gasteiger partial charge in [-0.05, 0) is 53.0 Å². The summed E-state index contributed by atoms with van der Waals surface area (Å²) in [7, 11) is 0. The van der Waals surface area contributed by atoms with Gasteiger partial charge in [-0.25, -0.2) is 19.0 Å². The molecule has 3 aliphatic rings. The van der Waals surface area contributed by atoms with Crippen LogP contribution in [0.25, 0.3) is 22.2 Å². The van der Waals surface area contributed by atoms with Crippen LogP contribution < -0.4 is 5.32 Å². The summed E-state index contributed by atoms with van der Waals surface area (Å²) in [5.41, 5.74) is 5.40. The number of nitrogens with zero attached hydrogens (tertiary/aromatic N) is 2. The van der Waals surface area contributed by atoms with Crippen molar-refractivity contribution in [2.75, 3.05) is 26.4 Å². The number of H-pyrrole nitrogens is 1. The van der Waals surface area contributed by atoms with Crippen molar-refractivity contribution in [1.29, 1.82) is 0 Å². The lowest BCUT2D eigenvalue weighted by atomic mass is 9.79. The lowest BCUT2D eigenvalue weighted by Crippen LogP contribution is -2.43. The predicted octanol–water partition coefficient (Wildman–Crippen LogP) is 7.16. The quantitative estimate of drug-likeness (QED) is 0.213. The highest BCUT2D eigenvalue weighted by atomic mass is 19.1. The third-order valence-corrected chi connectivity index (χ3v) is 9.82. The SMILES string of the molecule is CC1CCC(C(NC(=O)OCC2c3ccccc3-c3ccccc32)c2nc3c(F)c(C4COCCN4C(=O)O)ccc3[nH]2)CC1. The Balaban J connectivity index is 1.14. The van der Waals surface area contributed by atoms with Gasteiger partial charge in [-0.1, -0.05) is 74.4 Å². The molecule has 0 radical (unpaired) electrons. The van der Waals surface area contributed by atoms with Crippen LogP contribution in [-0.4, -0.2) is 58.5 Å². The highest BCUT2D eigenvalue weighted by Crippen LogP contribution is 2.45. The molecule has 0 spiro atoms. The van der Waals surface area contributed by atoms with Crippen LogP contribution in [0.1, 0.15) is 73.1 Å². The molecule has 0 bridgehead atoms. The number of hydrogen-bond donors (Lipinski definition) is 3. The smallest absolute Gasteiger partial charge is 0.407 e. The number of morpholine rings is 1. The van der Waals surface area contributed by atoms with Crippen LogP contribution >= 0.6 is 0 Å². The Morgan fingerprint density at radius 3 is 2.42 bits per heavy atom. The molecule has 2 amide bonds. The van der Waals surface area contributed by atoms with Gasteiger partial charge in [0.15, 0.2) is 5.82 Å². The van der Waals surface area contributed by atoms with Crippen LogP contribution in [0.3, 0.4) is 0 Å². The molecule has 2 aliphatic carbocycles. The zero-order valence-corrected chi connectivity index (χ0v) is 25.2. The maximum atomic E-state index is 16.0. The van der Waals surface area contributed by atoms with E-state index in [-0.39, 0.29) is 49.3 Å². The first-order valence-electron chi connectivity index (χ1n) is 15.8. The van der Waals surface area contributed by atoms with E-state index < -0.39 is 30.1 Å². The van der Waals surface area contributed by atoms with Crippen LogP contribution in [0.15, 0.2) is 60.7 Å². The topological polar surface area (TPSA) is 117 Å². The third-order valence-electron chi connectivity index (χ3n) is 9.82. The van der Waals surface area contributed by atoms with Crippen molar-refractivity contribution in [1.82, 2.24) is 20.2 Å². The number of rotatable bonds is 6. The summed E-state index contributed by atoms with van der Waals surface area (Å²) in [6.45, 7) is 2.92. The Morgan fingerprint density at radius 1 is 1.04 bits per heavy atom. The number of imidazole rings is 1. The molecule has 1 saturated heterocycles. The van der Waals surface area contributed by atoms with Gasteiger partial charge >= 0.3 is 12.2 Å². The number of aromatic amines is 1. The third kappa shape index (κ3) is 5.52. The minimum Gasteiger partial charge on any atom is -0.465 e. The molecule has 3 aromatic carbocycles. The van der Waals surface area contributed by atoms with Crippen molar-refractivity contribution < 1.29 is 28.6 Å². The molecule has 2 fully saturated rings. The molecule has 2 unspecified atom stereocenters. The first-order valence-corrected chi connectivity index (χ1v) is 15.8. The molecule has 7 rings (SSSR count). The van der Waals surface area contributed by atoms with E-state index in [4.69, 9.17) is 9.47 Å². The minimum absolute atomic E-state index is 0.0648. The minimum atomic E-state index is -1.12. The molecule has 2 heterocycles. The fourth-order valence-corrected chi connectivity index (χ4v) is 7.37. The molecule has 234 valence electrons. The van der Waals surface area contributed by atoms with Crippen LogP contribution in [0, 0.1) is 17.7 Å². The highest BCUT2D eigenvalue weighted by Gasteiger charge is 2.35. The second kappa shape index (κ2) is 12.2. The van der Waals surface area contributed by atoms with Gasteiger partial charge in [0.05, 0.1) is 30.8 Å². The van der Waals surface area contributed by atoms with E-state index in [1.165, 1.54) is 4.90 Å². The molecule has 2 atom stereocenters. The second-order valence-electron chi connectivity index (χ2n) is 12.5. The fourth-order valence-electron chi connectivity index (χ4n) is 7.37. The molecule has 9 nitrogen and oxygen atoms in total. The number of fused-ring (bicyclic) bond motifs is 4.